The summed E-state index contributed by atoms with van der Waals surface area (Å²) in [6.45, 7) is 2.15. The van der Waals surface area contributed by atoms with E-state index >= 15 is 0 Å². The Balaban J connectivity index is 1.77. The van der Waals surface area contributed by atoms with Gasteiger partial charge >= 0.3 is 6.03 Å². The molecule has 4 rings (SSSR count). The molecule has 0 saturated heterocycles. The van der Waals surface area contributed by atoms with Crippen LogP contribution >= 0.6 is 15.9 Å². The van der Waals surface area contributed by atoms with Gasteiger partial charge in [0.25, 0.3) is 5.56 Å². The van der Waals surface area contributed by atoms with Gasteiger partial charge in [-0.3, -0.25) is 4.79 Å². The molecule has 9 nitrogen and oxygen atoms in total. The summed E-state index contributed by atoms with van der Waals surface area (Å²) < 4.78 is 16.6. The van der Waals surface area contributed by atoms with Crippen molar-refractivity contribution in [3.63, 3.8) is 0 Å². The minimum absolute atomic E-state index is 0.0914. The van der Waals surface area contributed by atoms with E-state index in [4.69, 9.17) is 0 Å². The fraction of sp³-hybridized carbons (Fsp3) is 0.125. The van der Waals surface area contributed by atoms with Crippen LogP contribution in [0.5, 0.6) is 0 Å². The molecule has 4 aromatic rings. The minimum atomic E-state index is -0.670. The van der Waals surface area contributed by atoms with Crippen LogP contribution in [0.3, 0.4) is 0 Å². The molecule has 11 heteroatoms. The van der Waals surface area contributed by atoms with Crippen LogP contribution in [0.25, 0.3) is 22.0 Å². The smallest absolute Gasteiger partial charge is 0.308 e. The third-order valence-corrected chi connectivity index (χ3v) is 6.02. The molecule has 0 bridgehead atoms. The summed E-state index contributed by atoms with van der Waals surface area (Å²) in [6.07, 6.45) is 1.53. The zero-order valence-corrected chi connectivity index (χ0v) is 20.3. The Morgan fingerprint density at radius 1 is 1.14 bits per heavy atom. The number of amides is 2. The van der Waals surface area contributed by atoms with Crippen LogP contribution in [0, 0.1) is 10.7 Å². The van der Waals surface area contributed by atoms with Gasteiger partial charge in [0.2, 0.25) is 0 Å². The predicted octanol–water partition coefficient (Wildman–Crippen LogP) is 5.75. The van der Waals surface area contributed by atoms with Gasteiger partial charge < -0.3 is 15.2 Å². The number of benzene rings is 2. The second kappa shape index (κ2) is 10.0. The summed E-state index contributed by atoms with van der Waals surface area (Å²) in [5.41, 5.74) is 1.38. The lowest BCUT2D eigenvalue weighted by atomic mass is 10.0. The Kier molecular flexibility index (Phi) is 6.87. The lowest BCUT2D eigenvalue weighted by Gasteiger charge is -2.16. The number of anilines is 3. The van der Waals surface area contributed by atoms with Gasteiger partial charge in [-0.1, -0.05) is 34.1 Å². The molecule has 0 aliphatic rings. The van der Waals surface area contributed by atoms with E-state index in [2.05, 4.69) is 36.8 Å². The molecule has 2 aromatic carbocycles. The Labute approximate surface area is 207 Å². The van der Waals surface area contributed by atoms with Crippen LogP contribution in [0.1, 0.15) is 6.92 Å². The largest absolute Gasteiger partial charge is 0.323 e. The van der Waals surface area contributed by atoms with Crippen molar-refractivity contribution in [1.82, 2.24) is 9.55 Å². The maximum absolute atomic E-state index is 14.7. The van der Waals surface area contributed by atoms with Gasteiger partial charge in [0.05, 0.1) is 16.5 Å². The lowest BCUT2D eigenvalue weighted by molar-refractivity contribution is 0.262. The third kappa shape index (κ3) is 4.90. The number of para-hydroxylation sites is 1. The molecule has 2 amide bonds. The van der Waals surface area contributed by atoms with Gasteiger partial charge in [-0.15, -0.1) is 4.91 Å². The summed E-state index contributed by atoms with van der Waals surface area (Å²) in [5.74, 6) is -0.378. The molecule has 0 aliphatic carbocycles. The highest BCUT2D eigenvalue weighted by Gasteiger charge is 2.18. The van der Waals surface area contributed by atoms with Crippen molar-refractivity contribution >= 4 is 50.1 Å². The third-order valence-electron chi connectivity index (χ3n) is 5.36. The number of pyridine rings is 2. The van der Waals surface area contributed by atoms with E-state index in [1.807, 2.05) is 13.0 Å². The lowest BCUT2D eigenvalue weighted by Crippen LogP contribution is -2.22. The molecular formula is C24H20BrFN6O3. The number of carbonyl (C=O) groups excluding carboxylic acids is 1. The molecule has 2 heterocycles. The number of aromatic nitrogens is 2. The Morgan fingerprint density at radius 3 is 2.57 bits per heavy atom. The highest BCUT2D eigenvalue weighted by atomic mass is 79.9. The van der Waals surface area contributed by atoms with Crippen molar-refractivity contribution in [2.75, 3.05) is 22.7 Å². The molecule has 178 valence electrons. The fourth-order valence-electron chi connectivity index (χ4n) is 3.64. The standard InChI is InChI=1S/C24H20BrFN6O3/c1-3-32-21-12-22(31(2)30-35)27-13-14(21)9-17(23(32)33)16-10-20(19(26)11-18(16)25)29-24(34)28-15-7-5-4-6-8-15/h4-13H,3H2,1-2H3,(H2,28,29,34). The average molecular weight is 539 g/mol. The zero-order valence-electron chi connectivity index (χ0n) is 18.8. The number of halogens is 2. The van der Waals surface area contributed by atoms with Gasteiger partial charge in [-0.2, -0.15) is 0 Å². The van der Waals surface area contributed by atoms with Crippen LogP contribution in [0.4, 0.5) is 26.4 Å². The molecule has 0 radical (unpaired) electrons. The van der Waals surface area contributed by atoms with Crippen LogP contribution in [-0.2, 0) is 6.54 Å². The molecule has 2 N–H and O–H groups in total. The van der Waals surface area contributed by atoms with Crippen LogP contribution < -0.4 is 21.2 Å². The monoisotopic (exact) mass is 538 g/mol. The van der Waals surface area contributed by atoms with Crippen molar-refractivity contribution in [2.45, 2.75) is 13.5 Å². The number of hydrogen-bond acceptors (Lipinski definition) is 5. The maximum Gasteiger partial charge on any atom is 0.323 e. The highest BCUT2D eigenvalue weighted by Crippen LogP contribution is 2.33. The number of aryl methyl sites for hydroxylation is 1. The van der Waals surface area contributed by atoms with Crippen molar-refractivity contribution in [1.29, 1.82) is 0 Å². The average Bonchev–Trinajstić information content (AvgIpc) is 2.85. The SMILES string of the molecule is CCn1c(=O)c(-c2cc(NC(=O)Nc3ccccc3)c(F)cc2Br)cc2cnc(N(C)N=O)cc21. The number of urea groups is 1. The van der Waals surface area contributed by atoms with Gasteiger partial charge in [0.1, 0.15) is 5.82 Å². The molecule has 0 spiro atoms. The first-order chi connectivity index (χ1) is 16.8. The van der Waals surface area contributed by atoms with Crippen molar-refractivity contribution in [3.8, 4) is 11.1 Å². The number of nitrogens with one attached hydrogen (secondary N) is 2. The van der Waals surface area contributed by atoms with E-state index in [0.29, 0.717) is 39.0 Å². The molecule has 0 saturated carbocycles. The topological polar surface area (TPSA) is 109 Å². The van der Waals surface area contributed by atoms with E-state index in [1.54, 1.807) is 36.4 Å². The van der Waals surface area contributed by atoms with Crippen LogP contribution in [0.15, 0.2) is 75.3 Å². The van der Waals surface area contributed by atoms with E-state index in [1.165, 1.54) is 29.9 Å². The fourth-order valence-corrected chi connectivity index (χ4v) is 4.17. The van der Waals surface area contributed by atoms with E-state index in [0.717, 1.165) is 5.01 Å². The van der Waals surface area contributed by atoms with E-state index < -0.39 is 11.8 Å². The van der Waals surface area contributed by atoms with Crippen molar-refractivity contribution in [3.05, 3.63) is 86.3 Å². The number of rotatable bonds is 6. The molecular weight excluding hydrogens is 519 g/mol. The zero-order chi connectivity index (χ0) is 25.1. The highest BCUT2D eigenvalue weighted by molar-refractivity contribution is 9.10. The van der Waals surface area contributed by atoms with Gasteiger partial charge in [-0.05, 0) is 37.3 Å². The second-order valence-corrected chi connectivity index (χ2v) is 8.43. The summed E-state index contributed by atoms with van der Waals surface area (Å²) >= 11 is 3.34. The quantitative estimate of drug-likeness (QED) is 0.240. The van der Waals surface area contributed by atoms with Gasteiger partial charge in [0, 0.05) is 52.5 Å². The Hall–Kier alpha value is -4.12. The molecule has 0 fully saturated rings. The van der Waals surface area contributed by atoms with E-state index in [-0.39, 0.29) is 16.8 Å². The summed E-state index contributed by atoms with van der Waals surface area (Å²) in [4.78, 5) is 40.9. The first kappa shape index (κ1) is 24.0. The molecule has 0 unspecified atom stereocenters. The predicted molar refractivity (Wildman–Crippen MR) is 138 cm³/mol. The number of hydrogen-bond donors (Lipinski definition) is 2. The van der Waals surface area contributed by atoms with Gasteiger partial charge in [0.15, 0.2) is 5.82 Å². The first-order valence-electron chi connectivity index (χ1n) is 10.6. The van der Waals surface area contributed by atoms with Gasteiger partial charge in [-0.25, -0.2) is 19.2 Å². The van der Waals surface area contributed by atoms with Crippen LogP contribution in [0.2, 0.25) is 0 Å². The summed E-state index contributed by atoms with van der Waals surface area (Å²) in [6, 6.07) is 13.9. The van der Waals surface area contributed by atoms with Crippen molar-refractivity contribution in [2.24, 2.45) is 5.29 Å². The normalized spacial score (nSPS) is 10.7. The summed E-state index contributed by atoms with van der Waals surface area (Å²) in [5, 5.41) is 9.66. The number of nitrogens with zero attached hydrogens (tertiary/aromatic N) is 4. The van der Waals surface area contributed by atoms with Crippen LogP contribution in [-0.4, -0.2) is 22.6 Å². The summed E-state index contributed by atoms with van der Waals surface area (Å²) in [7, 11) is 1.46. The molecule has 35 heavy (non-hydrogen) atoms. The molecule has 0 aliphatic heterocycles. The number of fused-ring (bicyclic) bond motifs is 1. The second-order valence-electron chi connectivity index (χ2n) is 7.57. The van der Waals surface area contributed by atoms with Crippen molar-refractivity contribution < 1.29 is 9.18 Å². The molecule has 0 atom stereocenters. The minimum Gasteiger partial charge on any atom is -0.308 e. The molecule has 2 aromatic heterocycles. The number of nitroso groups, excluding NO2 is 1. The Morgan fingerprint density at radius 2 is 1.89 bits per heavy atom. The first-order valence-corrected chi connectivity index (χ1v) is 11.3. The number of carbonyl (C=O) groups is 1. The Bertz CT molecular complexity index is 1490. The maximum atomic E-state index is 14.7. The van der Waals surface area contributed by atoms with E-state index in [9.17, 15) is 18.9 Å².